The Morgan fingerprint density at radius 1 is 1.10 bits per heavy atom. The molecule has 0 bridgehead atoms. The van der Waals surface area contributed by atoms with Crippen LogP contribution in [0.5, 0.6) is 11.5 Å². The van der Waals surface area contributed by atoms with Crippen LogP contribution in [0.25, 0.3) is 10.9 Å². The van der Waals surface area contributed by atoms with Gasteiger partial charge in [0.1, 0.15) is 11.5 Å². The van der Waals surface area contributed by atoms with Gasteiger partial charge in [-0.2, -0.15) is 0 Å². The van der Waals surface area contributed by atoms with E-state index >= 15 is 0 Å². The van der Waals surface area contributed by atoms with Crippen molar-refractivity contribution in [2.45, 2.75) is 37.5 Å². The number of rotatable bonds is 10. The van der Waals surface area contributed by atoms with Crippen LogP contribution in [0.3, 0.4) is 0 Å². The van der Waals surface area contributed by atoms with Gasteiger partial charge >= 0.3 is 5.97 Å². The van der Waals surface area contributed by atoms with Crippen molar-refractivity contribution >= 4 is 26.9 Å². The second-order valence-corrected chi connectivity index (χ2v) is 8.72. The summed E-state index contributed by atoms with van der Waals surface area (Å²) in [5.41, 5.74) is 1.11. The van der Waals surface area contributed by atoms with E-state index < -0.39 is 16.0 Å². The monoisotopic (exact) mass is 431 g/mol. The summed E-state index contributed by atoms with van der Waals surface area (Å²) in [5.74, 6) is 0.245. The van der Waals surface area contributed by atoms with Crippen molar-refractivity contribution < 1.29 is 27.8 Å². The van der Waals surface area contributed by atoms with Gasteiger partial charge in [-0.25, -0.2) is 12.4 Å². The predicted octanol–water partition coefficient (Wildman–Crippen LogP) is 4.08. The Morgan fingerprint density at radius 2 is 1.80 bits per heavy atom. The highest BCUT2D eigenvalue weighted by Crippen LogP contribution is 2.30. The fourth-order valence-electron chi connectivity index (χ4n) is 3.17. The SMILES string of the molecule is CCCCOc1ccc(S(=O)(=O)n2cc(CCC(=O)O)c3cc(OC)ccc32)cc1. The fraction of sp³-hybridized carbons (Fsp3) is 0.318. The second-order valence-electron chi connectivity index (χ2n) is 6.91. The highest BCUT2D eigenvalue weighted by Gasteiger charge is 2.22. The first-order valence-electron chi connectivity index (χ1n) is 9.75. The van der Waals surface area contributed by atoms with E-state index in [-0.39, 0.29) is 17.7 Å². The Balaban J connectivity index is 2.00. The number of aromatic nitrogens is 1. The molecule has 1 aromatic heterocycles. The van der Waals surface area contributed by atoms with Gasteiger partial charge in [0.25, 0.3) is 10.0 Å². The summed E-state index contributed by atoms with van der Waals surface area (Å²) in [6.07, 6.45) is 3.56. The van der Waals surface area contributed by atoms with E-state index in [4.69, 9.17) is 14.6 Å². The zero-order valence-electron chi connectivity index (χ0n) is 17.0. The molecule has 30 heavy (non-hydrogen) atoms. The molecule has 0 aliphatic carbocycles. The average molecular weight is 432 g/mol. The summed E-state index contributed by atoms with van der Waals surface area (Å²) in [5, 5.41) is 9.69. The Bertz CT molecular complexity index is 1130. The van der Waals surface area contributed by atoms with Crippen LogP contribution in [0.15, 0.2) is 53.6 Å². The molecule has 0 aliphatic rings. The van der Waals surface area contributed by atoms with Gasteiger partial charge in [0.15, 0.2) is 0 Å². The van der Waals surface area contributed by atoms with E-state index in [0.717, 1.165) is 12.8 Å². The number of carboxylic acids is 1. The van der Waals surface area contributed by atoms with Gasteiger partial charge in [0.05, 0.1) is 24.1 Å². The fourth-order valence-corrected chi connectivity index (χ4v) is 4.56. The summed E-state index contributed by atoms with van der Waals surface area (Å²) in [7, 11) is -2.35. The lowest BCUT2D eigenvalue weighted by Gasteiger charge is -2.10. The topological polar surface area (TPSA) is 94.8 Å². The zero-order chi connectivity index (χ0) is 21.7. The predicted molar refractivity (Wildman–Crippen MR) is 114 cm³/mol. The summed E-state index contributed by atoms with van der Waals surface area (Å²) in [4.78, 5) is 11.1. The van der Waals surface area contributed by atoms with Crippen LogP contribution in [-0.4, -0.2) is 37.2 Å². The van der Waals surface area contributed by atoms with E-state index in [9.17, 15) is 13.2 Å². The Labute approximate surface area is 175 Å². The molecule has 2 aromatic carbocycles. The Hall–Kier alpha value is -3.00. The van der Waals surface area contributed by atoms with Gasteiger partial charge in [0, 0.05) is 18.0 Å². The molecule has 160 valence electrons. The number of carbonyl (C=O) groups is 1. The van der Waals surface area contributed by atoms with Gasteiger partial charge in [0.2, 0.25) is 0 Å². The van der Waals surface area contributed by atoms with Gasteiger partial charge in [-0.15, -0.1) is 0 Å². The van der Waals surface area contributed by atoms with Crippen molar-refractivity contribution in [3.63, 3.8) is 0 Å². The molecule has 1 N–H and O–H groups in total. The molecular formula is C22H25NO6S. The van der Waals surface area contributed by atoms with Crippen molar-refractivity contribution in [3.05, 3.63) is 54.2 Å². The van der Waals surface area contributed by atoms with Crippen LogP contribution in [0.2, 0.25) is 0 Å². The third kappa shape index (κ3) is 4.59. The molecule has 0 saturated carbocycles. The third-order valence-corrected chi connectivity index (χ3v) is 6.50. The number of hydrogen-bond acceptors (Lipinski definition) is 5. The van der Waals surface area contributed by atoms with E-state index in [1.54, 1.807) is 30.3 Å². The number of aryl methyl sites for hydroxylation is 1. The summed E-state index contributed by atoms with van der Waals surface area (Å²) in [6.45, 7) is 2.65. The standard InChI is InChI=1S/C22H25NO6S/c1-3-4-13-29-17-6-9-19(10-7-17)30(26,27)23-15-16(5-12-22(24)25)20-14-18(28-2)8-11-21(20)23/h6-11,14-15H,3-5,12-13H2,1-2H3,(H,24,25). The lowest BCUT2D eigenvalue weighted by Crippen LogP contribution is -2.12. The molecule has 1 heterocycles. The first-order chi connectivity index (χ1) is 14.4. The molecule has 7 nitrogen and oxygen atoms in total. The van der Waals surface area contributed by atoms with Crippen molar-refractivity contribution in [1.29, 1.82) is 0 Å². The molecule has 0 fully saturated rings. The number of carboxylic acid groups (broad SMARTS) is 1. The molecule has 0 saturated heterocycles. The molecule has 0 amide bonds. The van der Waals surface area contributed by atoms with Crippen LogP contribution in [0.4, 0.5) is 0 Å². The third-order valence-electron chi connectivity index (χ3n) is 4.82. The highest BCUT2D eigenvalue weighted by molar-refractivity contribution is 7.90. The van der Waals surface area contributed by atoms with Crippen LogP contribution in [-0.2, 0) is 21.2 Å². The molecule has 3 rings (SSSR count). The van der Waals surface area contributed by atoms with E-state index in [2.05, 4.69) is 6.92 Å². The van der Waals surface area contributed by atoms with Crippen LogP contribution in [0, 0.1) is 0 Å². The van der Waals surface area contributed by atoms with Crippen LogP contribution < -0.4 is 9.47 Å². The van der Waals surface area contributed by atoms with Crippen molar-refractivity contribution in [2.24, 2.45) is 0 Å². The maximum atomic E-state index is 13.3. The molecule has 3 aromatic rings. The lowest BCUT2D eigenvalue weighted by molar-refractivity contribution is -0.136. The minimum Gasteiger partial charge on any atom is -0.497 e. The number of fused-ring (bicyclic) bond motifs is 1. The van der Waals surface area contributed by atoms with Crippen molar-refractivity contribution in [2.75, 3.05) is 13.7 Å². The molecule has 0 unspecified atom stereocenters. The van der Waals surface area contributed by atoms with Crippen molar-refractivity contribution in [1.82, 2.24) is 3.97 Å². The van der Waals surface area contributed by atoms with Gasteiger partial charge in [-0.3, -0.25) is 4.79 Å². The maximum Gasteiger partial charge on any atom is 0.303 e. The smallest absolute Gasteiger partial charge is 0.303 e. The molecule has 8 heteroatoms. The molecule has 0 aliphatic heterocycles. The molecule has 0 spiro atoms. The lowest BCUT2D eigenvalue weighted by atomic mass is 10.1. The summed E-state index contributed by atoms with van der Waals surface area (Å²) >= 11 is 0. The number of aliphatic carboxylic acids is 1. The highest BCUT2D eigenvalue weighted by atomic mass is 32.2. The molecule has 0 atom stereocenters. The minimum absolute atomic E-state index is 0.0971. The van der Waals surface area contributed by atoms with Crippen molar-refractivity contribution in [3.8, 4) is 11.5 Å². The Kier molecular flexibility index (Phi) is 6.66. The van der Waals surface area contributed by atoms with E-state index in [0.29, 0.717) is 34.6 Å². The normalized spacial score (nSPS) is 11.5. The largest absolute Gasteiger partial charge is 0.497 e. The molecule has 0 radical (unpaired) electrons. The summed E-state index contributed by atoms with van der Waals surface area (Å²) in [6, 6.07) is 11.4. The summed E-state index contributed by atoms with van der Waals surface area (Å²) < 4.78 is 38.7. The first kappa shape index (κ1) is 21.7. The number of hydrogen-bond donors (Lipinski definition) is 1. The van der Waals surface area contributed by atoms with Gasteiger partial charge < -0.3 is 14.6 Å². The van der Waals surface area contributed by atoms with Crippen LogP contribution in [0.1, 0.15) is 31.7 Å². The number of ether oxygens (including phenoxy) is 2. The van der Waals surface area contributed by atoms with Gasteiger partial charge in [-0.05, 0) is 60.9 Å². The minimum atomic E-state index is -3.87. The van der Waals surface area contributed by atoms with Crippen LogP contribution >= 0.6 is 0 Å². The number of benzene rings is 2. The zero-order valence-corrected chi connectivity index (χ0v) is 17.8. The van der Waals surface area contributed by atoms with Gasteiger partial charge in [-0.1, -0.05) is 13.3 Å². The molecular weight excluding hydrogens is 406 g/mol. The second kappa shape index (κ2) is 9.21. The number of methoxy groups -OCH3 is 1. The van der Waals surface area contributed by atoms with E-state index in [1.165, 1.54) is 29.4 Å². The number of unbranched alkanes of at least 4 members (excludes halogenated alkanes) is 1. The average Bonchev–Trinajstić information content (AvgIpc) is 3.11. The first-order valence-corrected chi connectivity index (χ1v) is 11.2. The quantitative estimate of drug-likeness (QED) is 0.486. The van der Waals surface area contributed by atoms with E-state index in [1.807, 2.05) is 0 Å². The Morgan fingerprint density at radius 3 is 2.43 bits per heavy atom. The maximum absolute atomic E-state index is 13.3. The number of nitrogens with zero attached hydrogens (tertiary/aromatic N) is 1.